The lowest BCUT2D eigenvalue weighted by molar-refractivity contribution is -0.142. The number of hydrogen-bond acceptors (Lipinski definition) is 4. The minimum Gasteiger partial charge on any atom is -0.466 e. The third kappa shape index (κ3) is 2.88. The zero-order chi connectivity index (χ0) is 16.7. The quantitative estimate of drug-likeness (QED) is 0.868. The van der Waals surface area contributed by atoms with Gasteiger partial charge in [0, 0.05) is 12.6 Å². The highest BCUT2D eigenvalue weighted by Gasteiger charge is 2.34. The van der Waals surface area contributed by atoms with E-state index in [1.165, 1.54) is 5.56 Å². The number of hydrogen-bond donors (Lipinski definition) is 1. The van der Waals surface area contributed by atoms with Crippen LogP contribution in [0.5, 0.6) is 0 Å². The van der Waals surface area contributed by atoms with Gasteiger partial charge in [-0.2, -0.15) is 0 Å². The van der Waals surface area contributed by atoms with E-state index in [2.05, 4.69) is 16.0 Å². The molecule has 0 spiro atoms. The molecule has 1 aliphatic heterocycles. The average Bonchev–Trinajstić information content (AvgIpc) is 3.30. The van der Waals surface area contributed by atoms with Gasteiger partial charge in [-0.3, -0.25) is 9.59 Å². The van der Waals surface area contributed by atoms with Gasteiger partial charge in [-0.1, -0.05) is 0 Å². The molecule has 1 saturated carbocycles. The normalized spacial score (nSPS) is 17.7. The zero-order valence-corrected chi connectivity index (χ0v) is 13.8. The summed E-state index contributed by atoms with van der Waals surface area (Å²) in [6.07, 6.45) is 3.74. The van der Waals surface area contributed by atoms with Gasteiger partial charge in [-0.25, -0.2) is 4.98 Å². The Kier molecular flexibility index (Phi) is 3.75. The summed E-state index contributed by atoms with van der Waals surface area (Å²) in [6.45, 7) is 2.95. The van der Waals surface area contributed by atoms with Gasteiger partial charge in [0.2, 0.25) is 5.91 Å². The summed E-state index contributed by atoms with van der Waals surface area (Å²) in [7, 11) is 0. The molecule has 1 amide bonds. The van der Waals surface area contributed by atoms with Crippen molar-refractivity contribution in [3.8, 4) is 0 Å². The number of ether oxygens (including phenoxy) is 1. The number of aromatic nitrogens is 2. The summed E-state index contributed by atoms with van der Waals surface area (Å²) in [6, 6.07) is 4.53. The smallest absolute Gasteiger partial charge is 0.313 e. The van der Waals surface area contributed by atoms with Gasteiger partial charge in [-0.15, -0.1) is 0 Å². The molecule has 1 aliphatic carbocycles. The standard InChI is InChI=1S/C18H21N3O3/c1-2-24-18(23)10-16-19-14-7-11-5-6-21(13-3-4-13)17(22)9-12(11)8-15(14)20-16/h7-8,13H,2-6,9-10H2,1H3,(H,19,20). The molecule has 0 radical (unpaired) electrons. The lowest BCUT2D eigenvalue weighted by atomic mass is 10.0. The van der Waals surface area contributed by atoms with Crippen LogP contribution in [0.3, 0.4) is 0 Å². The lowest BCUT2D eigenvalue weighted by Crippen LogP contribution is -2.34. The molecular weight excluding hydrogens is 306 g/mol. The first-order chi connectivity index (χ1) is 11.6. The number of carbonyl (C=O) groups excluding carboxylic acids is 2. The van der Waals surface area contributed by atoms with Crippen molar-refractivity contribution in [1.29, 1.82) is 0 Å². The molecule has 1 N–H and O–H groups in total. The summed E-state index contributed by atoms with van der Waals surface area (Å²) < 4.78 is 4.96. The van der Waals surface area contributed by atoms with Gasteiger partial charge in [0.15, 0.2) is 0 Å². The number of imidazole rings is 1. The molecule has 0 saturated heterocycles. The van der Waals surface area contributed by atoms with Crippen LogP contribution in [0.2, 0.25) is 0 Å². The Labute approximate surface area is 140 Å². The maximum Gasteiger partial charge on any atom is 0.313 e. The van der Waals surface area contributed by atoms with Gasteiger partial charge in [-0.05, 0) is 49.4 Å². The first-order valence-electron chi connectivity index (χ1n) is 8.59. The molecule has 2 aromatic rings. The molecule has 0 unspecified atom stereocenters. The zero-order valence-electron chi connectivity index (χ0n) is 13.8. The number of rotatable bonds is 4. The van der Waals surface area contributed by atoms with E-state index in [-0.39, 0.29) is 18.3 Å². The van der Waals surface area contributed by atoms with Crippen molar-refractivity contribution < 1.29 is 14.3 Å². The van der Waals surface area contributed by atoms with E-state index >= 15 is 0 Å². The summed E-state index contributed by atoms with van der Waals surface area (Å²) >= 11 is 0. The van der Waals surface area contributed by atoms with E-state index in [0.29, 0.717) is 24.9 Å². The predicted molar refractivity (Wildman–Crippen MR) is 88.6 cm³/mol. The summed E-state index contributed by atoms with van der Waals surface area (Å²) in [4.78, 5) is 33.8. The number of aromatic amines is 1. The molecule has 0 bridgehead atoms. The van der Waals surface area contributed by atoms with Crippen molar-refractivity contribution in [3.05, 3.63) is 29.1 Å². The van der Waals surface area contributed by atoms with Gasteiger partial charge < -0.3 is 14.6 Å². The molecule has 0 atom stereocenters. The first-order valence-corrected chi connectivity index (χ1v) is 8.59. The lowest BCUT2D eigenvalue weighted by Gasteiger charge is -2.19. The van der Waals surface area contributed by atoms with Crippen LogP contribution >= 0.6 is 0 Å². The molecule has 4 rings (SSSR count). The van der Waals surface area contributed by atoms with Gasteiger partial charge in [0.05, 0.1) is 24.1 Å². The van der Waals surface area contributed by atoms with E-state index in [1.807, 2.05) is 11.0 Å². The summed E-state index contributed by atoms with van der Waals surface area (Å²) in [5.74, 6) is 0.546. The Hall–Kier alpha value is -2.37. The Morgan fingerprint density at radius 2 is 2.21 bits per heavy atom. The summed E-state index contributed by atoms with van der Waals surface area (Å²) in [5.41, 5.74) is 3.98. The molecule has 1 aromatic carbocycles. The van der Waals surface area contributed by atoms with E-state index < -0.39 is 0 Å². The van der Waals surface area contributed by atoms with Crippen LogP contribution in [0.1, 0.15) is 36.7 Å². The Morgan fingerprint density at radius 1 is 1.38 bits per heavy atom. The van der Waals surface area contributed by atoms with Crippen LogP contribution in [0.4, 0.5) is 0 Å². The highest BCUT2D eigenvalue weighted by atomic mass is 16.5. The Bertz CT molecular complexity index is 807. The topological polar surface area (TPSA) is 75.3 Å². The van der Waals surface area contributed by atoms with Crippen molar-refractivity contribution in [3.63, 3.8) is 0 Å². The van der Waals surface area contributed by atoms with Crippen LogP contribution in [-0.4, -0.2) is 45.9 Å². The highest BCUT2D eigenvalue weighted by molar-refractivity contribution is 5.84. The molecule has 1 fully saturated rings. The predicted octanol–water partition coefficient (Wildman–Crippen LogP) is 1.76. The number of benzene rings is 1. The largest absolute Gasteiger partial charge is 0.466 e. The van der Waals surface area contributed by atoms with Crippen molar-refractivity contribution in [2.45, 2.75) is 45.1 Å². The minimum atomic E-state index is -0.284. The molecular formula is C18H21N3O3. The van der Waals surface area contributed by atoms with Crippen LogP contribution in [-0.2, 0) is 33.6 Å². The second-order valence-electron chi connectivity index (χ2n) is 6.55. The third-order valence-corrected chi connectivity index (χ3v) is 4.74. The first kappa shape index (κ1) is 15.2. The second-order valence-corrected chi connectivity index (χ2v) is 6.55. The maximum absolute atomic E-state index is 12.5. The van der Waals surface area contributed by atoms with Crippen LogP contribution in [0.15, 0.2) is 12.1 Å². The highest BCUT2D eigenvalue weighted by Crippen LogP contribution is 2.30. The van der Waals surface area contributed by atoms with Gasteiger partial charge in [0.1, 0.15) is 12.2 Å². The molecule has 126 valence electrons. The fraction of sp³-hybridized carbons (Fsp3) is 0.500. The Morgan fingerprint density at radius 3 is 2.96 bits per heavy atom. The van der Waals surface area contributed by atoms with E-state index in [0.717, 1.165) is 42.4 Å². The Balaban J connectivity index is 1.60. The van der Waals surface area contributed by atoms with E-state index in [1.54, 1.807) is 6.92 Å². The minimum absolute atomic E-state index is 0.140. The van der Waals surface area contributed by atoms with Crippen LogP contribution in [0.25, 0.3) is 11.0 Å². The van der Waals surface area contributed by atoms with Crippen molar-refractivity contribution in [2.75, 3.05) is 13.2 Å². The van der Waals surface area contributed by atoms with Gasteiger partial charge in [0.25, 0.3) is 0 Å². The molecule has 2 aliphatic rings. The van der Waals surface area contributed by atoms with Crippen molar-refractivity contribution >= 4 is 22.9 Å². The van der Waals surface area contributed by atoms with Gasteiger partial charge >= 0.3 is 5.97 Å². The molecule has 6 heteroatoms. The maximum atomic E-state index is 12.5. The van der Waals surface area contributed by atoms with Crippen molar-refractivity contribution in [1.82, 2.24) is 14.9 Å². The fourth-order valence-corrected chi connectivity index (χ4v) is 3.43. The molecule has 24 heavy (non-hydrogen) atoms. The second kappa shape index (κ2) is 5.92. The summed E-state index contributed by atoms with van der Waals surface area (Å²) in [5, 5.41) is 0. The van der Waals surface area contributed by atoms with Crippen LogP contribution in [0, 0.1) is 0 Å². The SMILES string of the molecule is CCOC(=O)Cc1nc2cc3c(cc2[nH]1)CC(=O)N(C1CC1)CC3. The number of amides is 1. The molecule has 2 heterocycles. The number of H-pyrrole nitrogens is 1. The average molecular weight is 327 g/mol. The molecule has 6 nitrogen and oxygen atoms in total. The third-order valence-electron chi connectivity index (χ3n) is 4.74. The van der Waals surface area contributed by atoms with E-state index in [4.69, 9.17) is 4.74 Å². The number of nitrogens with zero attached hydrogens (tertiary/aromatic N) is 2. The fourth-order valence-electron chi connectivity index (χ4n) is 3.43. The van der Waals surface area contributed by atoms with Crippen molar-refractivity contribution in [2.24, 2.45) is 0 Å². The number of fused-ring (bicyclic) bond motifs is 2. The number of nitrogens with one attached hydrogen (secondary N) is 1. The number of carbonyl (C=O) groups is 2. The molecule has 1 aromatic heterocycles. The number of esters is 1. The monoisotopic (exact) mass is 327 g/mol. The van der Waals surface area contributed by atoms with Crippen LogP contribution < -0.4 is 0 Å². The van der Waals surface area contributed by atoms with E-state index in [9.17, 15) is 9.59 Å².